The zero-order chi connectivity index (χ0) is 15.8. The standard InChI is InChI=1S/C17H20N6/c1-11-5-4-6-12(21-11)9-14-15-16(18)19-10-20-17(15)23(22-14)13-7-2-3-8-13/h4-6,10,13H,2-3,7-9H2,1H3,(H2,18,19,20). The van der Waals surface area contributed by atoms with E-state index < -0.39 is 0 Å². The van der Waals surface area contributed by atoms with Gasteiger partial charge in [-0.15, -0.1) is 0 Å². The van der Waals surface area contributed by atoms with Gasteiger partial charge in [0.1, 0.15) is 12.1 Å². The molecule has 0 saturated heterocycles. The van der Waals surface area contributed by atoms with Crippen molar-refractivity contribution in [2.75, 3.05) is 5.73 Å². The number of nitrogens with two attached hydrogens (primary N) is 1. The molecule has 6 heteroatoms. The van der Waals surface area contributed by atoms with E-state index in [1.807, 2.05) is 25.1 Å². The van der Waals surface area contributed by atoms with E-state index in [1.54, 1.807) is 0 Å². The summed E-state index contributed by atoms with van der Waals surface area (Å²) in [6, 6.07) is 6.46. The fourth-order valence-electron chi connectivity index (χ4n) is 3.46. The smallest absolute Gasteiger partial charge is 0.163 e. The fourth-order valence-corrected chi connectivity index (χ4v) is 3.46. The Bertz CT molecular complexity index is 847. The van der Waals surface area contributed by atoms with Gasteiger partial charge in [-0.25, -0.2) is 14.6 Å². The molecule has 0 bridgehead atoms. The Morgan fingerprint density at radius 2 is 2.04 bits per heavy atom. The third-order valence-corrected chi connectivity index (χ3v) is 4.56. The average molecular weight is 308 g/mol. The third-order valence-electron chi connectivity index (χ3n) is 4.56. The van der Waals surface area contributed by atoms with Crippen LogP contribution in [0, 0.1) is 6.92 Å². The highest BCUT2D eigenvalue weighted by Crippen LogP contribution is 2.33. The molecule has 0 aliphatic heterocycles. The van der Waals surface area contributed by atoms with Crippen molar-refractivity contribution < 1.29 is 0 Å². The van der Waals surface area contributed by atoms with E-state index in [0.717, 1.165) is 41.0 Å². The molecule has 4 rings (SSSR count). The molecule has 118 valence electrons. The molecule has 0 radical (unpaired) electrons. The van der Waals surface area contributed by atoms with Crippen LogP contribution in [0.1, 0.15) is 48.8 Å². The van der Waals surface area contributed by atoms with Crippen LogP contribution in [0.25, 0.3) is 11.0 Å². The van der Waals surface area contributed by atoms with Gasteiger partial charge in [0.25, 0.3) is 0 Å². The number of fused-ring (bicyclic) bond motifs is 1. The van der Waals surface area contributed by atoms with Gasteiger partial charge in [0, 0.05) is 17.8 Å². The van der Waals surface area contributed by atoms with Gasteiger partial charge in [0.05, 0.1) is 17.1 Å². The van der Waals surface area contributed by atoms with Crippen molar-refractivity contribution in [3.05, 3.63) is 41.6 Å². The zero-order valence-corrected chi connectivity index (χ0v) is 13.2. The normalized spacial score (nSPS) is 15.5. The highest BCUT2D eigenvalue weighted by Gasteiger charge is 2.24. The summed E-state index contributed by atoms with van der Waals surface area (Å²) in [4.78, 5) is 13.2. The Kier molecular flexibility index (Phi) is 3.44. The summed E-state index contributed by atoms with van der Waals surface area (Å²) in [7, 11) is 0. The minimum Gasteiger partial charge on any atom is -0.383 e. The first-order valence-electron chi connectivity index (χ1n) is 8.12. The third kappa shape index (κ3) is 2.54. The summed E-state index contributed by atoms with van der Waals surface area (Å²) in [6.45, 7) is 2.00. The predicted octanol–water partition coefficient (Wildman–Crippen LogP) is 2.82. The van der Waals surface area contributed by atoms with Gasteiger partial charge in [-0.1, -0.05) is 18.9 Å². The van der Waals surface area contributed by atoms with E-state index in [9.17, 15) is 0 Å². The number of hydrogen-bond donors (Lipinski definition) is 1. The van der Waals surface area contributed by atoms with Crippen molar-refractivity contribution in [1.82, 2.24) is 24.7 Å². The van der Waals surface area contributed by atoms with Crippen LogP contribution in [0.4, 0.5) is 5.82 Å². The number of hydrogen-bond acceptors (Lipinski definition) is 5. The first-order chi connectivity index (χ1) is 11.2. The highest BCUT2D eigenvalue weighted by molar-refractivity contribution is 5.88. The molecule has 1 fully saturated rings. The molecule has 0 aromatic carbocycles. The zero-order valence-electron chi connectivity index (χ0n) is 13.2. The number of pyridine rings is 1. The van der Waals surface area contributed by atoms with Crippen LogP contribution in [0.2, 0.25) is 0 Å². The number of aryl methyl sites for hydroxylation is 1. The van der Waals surface area contributed by atoms with Crippen molar-refractivity contribution in [2.24, 2.45) is 0 Å². The molecule has 2 N–H and O–H groups in total. The van der Waals surface area contributed by atoms with E-state index in [0.29, 0.717) is 18.3 Å². The van der Waals surface area contributed by atoms with Crippen LogP contribution >= 0.6 is 0 Å². The number of rotatable bonds is 3. The maximum atomic E-state index is 6.13. The topological polar surface area (TPSA) is 82.5 Å². The lowest BCUT2D eigenvalue weighted by atomic mass is 10.1. The Morgan fingerprint density at radius 3 is 2.83 bits per heavy atom. The quantitative estimate of drug-likeness (QED) is 0.804. The van der Waals surface area contributed by atoms with Gasteiger partial charge in [-0.2, -0.15) is 5.10 Å². The van der Waals surface area contributed by atoms with Gasteiger partial charge in [-0.05, 0) is 31.9 Å². The number of anilines is 1. The Labute approximate surface area is 134 Å². The molecule has 1 aliphatic carbocycles. The van der Waals surface area contributed by atoms with Crippen LogP contribution in [-0.4, -0.2) is 24.7 Å². The second kappa shape index (κ2) is 5.61. The molecule has 0 spiro atoms. The van der Waals surface area contributed by atoms with E-state index in [-0.39, 0.29) is 0 Å². The summed E-state index contributed by atoms with van der Waals surface area (Å²) in [6.07, 6.45) is 6.99. The van der Waals surface area contributed by atoms with Gasteiger partial charge in [-0.3, -0.25) is 4.98 Å². The van der Waals surface area contributed by atoms with Crippen molar-refractivity contribution >= 4 is 16.9 Å². The minimum absolute atomic E-state index is 0.422. The number of nitrogen functional groups attached to an aromatic ring is 1. The molecule has 3 aromatic heterocycles. The maximum Gasteiger partial charge on any atom is 0.163 e. The molecule has 3 aromatic rings. The molecule has 0 amide bonds. The Balaban J connectivity index is 1.82. The summed E-state index contributed by atoms with van der Waals surface area (Å²) in [5.74, 6) is 0.502. The first kappa shape index (κ1) is 14.1. The van der Waals surface area contributed by atoms with Gasteiger partial charge in [0.15, 0.2) is 5.65 Å². The minimum atomic E-state index is 0.422. The lowest BCUT2D eigenvalue weighted by Crippen LogP contribution is -2.08. The van der Waals surface area contributed by atoms with Gasteiger partial charge in [0.2, 0.25) is 0 Å². The summed E-state index contributed by atoms with van der Waals surface area (Å²) in [5, 5.41) is 5.73. The largest absolute Gasteiger partial charge is 0.383 e. The Morgan fingerprint density at radius 1 is 1.22 bits per heavy atom. The number of aromatic nitrogens is 5. The van der Waals surface area contributed by atoms with Crippen molar-refractivity contribution in [1.29, 1.82) is 0 Å². The molecule has 23 heavy (non-hydrogen) atoms. The van der Waals surface area contributed by atoms with Crippen molar-refractivity contribution in [2.45, 2.75) is 45.1 Å². The molecule has 6 nitrogen and oxygen atoms in total. The Hall–Kier alpha value is -2.50. The average Bonchev–Trinajstić information content (AvgIpc) is 3.16. The molecule has 3 heterocycles. The fraction of sp³-hybridized carbons (Fsp3) is 0.412. The summed E-state index contributed by atoms with van der Waals surface area (Å²) in [5.41, 5.74) is 9.90. The molecule has 1 aliphatic rings. The monoisotopic (exact) mass is 308 g/mol. The predicted molar refractivity (Wildman–Crippen MR) is 89.0 cm³/mol. The van der Waals surface area contributed by atoms with Crippen LogP contribution in [0.3, 0.4) is 0 Å². The molecule has 0 atom stereocenters. The van der Waals surface area contributed by atoms with E-state index in [4.69, 9.17) is 10.8 Å². The van der Waals surface area contributed by atoms with Crippen LogP contribution in [0.15, 0.2) is 24.5 Å². The van der Waals surface area contributed by atoms with E-state index in [2.05, 4.69) is 19.6 Å². The SMILES string of the molecule is Cc1cccc(Cc2nn(C3CCCC3)c3ncnc(N)c23)n1. The van der Waals surface area contributed by atoms with Crippen molar-refractivity contribution in [3.63, 3.8) is 0 Å². The maximum absolute atomic E-state index is 6.13. The van der Waals surface area contributed by atoms with Crippen LogP contribution < -0.4 is 5.73 Å². The van der Waals surface area contributed by atoms with Crippen molar-refractivity contribution in [3.8, 4) is 0 Å². The number of nitrogens with zero attached hydrogens (tertiary/aromatic N) is 5. The van der Waals surface area contributed by atoms with Gasteiger partial charge >= 0.3 is 0 Å². The van der Waals surface area contributed by atoms with E-state index in [1.165, 1.54) is 19.2 Å². The molecule has 1 saturated carbocycles. The lowest BCUT2D eigenvalue weighted by Gasteiger charge is -2.10. The summed E-state index contributed by atoms with van der Waals surface area (Å²) >= 11 is 0. The lowest BCUT2D eigenvalue weighted by molar-refractivity contribution is 0.475. The second-order valence-corrected chi connectivity index (χ2v) is 6.23. The molecular weight excluding hydrogens is 288 g/mol. The molecule has 0 unspecified atom stereocenters. The van der Waals surface area contributed by atoms with Gasteiger partial charge < -0.3 is 5.73 Å². The first-order valence-corrected chi connectivity index (χ1v) is 8.12. The van der Waals surface area contributed by atoms with Crippen LogP contribution in [0.5, 0.6) is 0 Å². The highest BCUT2D eigenvalue weighted by atomic mass is 15.3. The molecular formula is C17H20N6. The second-order valence-electron chi connectivity index (χ2n) is 6.23. The van der Waals surface area contributed by atoms with E-state index >= 15 is 0 Å². The van der Waals surface area contributed by atoms with Crippen LogP contribution in [-0.2, 0) is 6.42 Å². The summed E-state index contributed by atoms with van der Waals surface area (Å²) < 4.78 is 2.06.